The fraction of sp³-hybridized carbons (Fsp3) is 0.353. The van der Waals surface area contributed by atoms with Crippen LogP contribution < -0.4 is 10.6 Å². The molecule has 6 heteroatoms. The number of benzene rings is 1. The number of nitriles is 1. The zero-order valence-corrected chi connectivity index (χ0v) is 13.6. The monoisotopic (exact) mass is 315 g/mol. The Morgan fingerprint density at radius 2 is 1.87 bits per heavy atom. The summed E-state index contributed by atoms with van der Waals surface area (Å²) in [6.07, 6.45) is 1.76. The Morgan fingerprint density at radius 3 is 2.39 bits per heavy atom. The fourth-order valence-electron chi connectivity index (χ4n) is 1.73. The first-order valence-electron chi connectivity index (χ1n) is 7.40. The Hall–Kier alpha value is -2.81. The largest absolute Gasteiger partial charge is 0.462 e. The third-order valence-electron chi connectivity index (χ3n) is 2.76. The number of hydrogen-bond acceptors (Lipinski definition) is 5. The van der Waals surface area contributed by atoms with E-state index in [9.17, 15) is 9.59 Å². The summed E-state index contributed by atoms with van der Waals surface area (Å²) in [4.78, 5) is 23.1. The predicted molar refractivity (Wildman–Crippen MR) is 88.5 cm³/mol. The Bertz CT molecular complexity index is 613. The second-order valence-corrected chi connectivity index (χ2v) is 5.26. The summed E-state index contributed by atoms with van der Waals surface area (Å²) in [6.45, 7) is 5.85. The highest BCUT2D eigenvalue weighted by atomic mass is 16.5. The predicted octanol–water partition coefficient (Wildman–Crippen LogP) is 3.05. The van der Waals surface area contributed by atoms with Crippen molar-refractivity contribution in [1.82, 2.24) is 0 Å². The molecule has 6 nitrogen and oxygen atoms in total. The lowest BCUT2D eigenvalue weighted by atomic mass is 10.1. The van der Waals surface area contributed by atoms with Gasteiger partial charge >= 0.3 is 5.97 Å². The van der Waals surface area contributed by atoms with Crippen LogP contribution in [0.2, 0.25) is 0 Å². The molecular formula is C17H21N3O3. The number of ether oxygens (including phenoxy) is 1. The molecule has 0 aliphatic carbocycles. The van der Waals surface area contributed by atoms with Gasteiger partial charge in [-0.25, -0.2) is 4.79 Å². The van der Waals surface area contributed by atoms with Gasteiger partial charge < -0.3 is 15.4 Å². The van der Waals surface area contributed by atoms with Crippen molar-refractivity contribution in [3.05, 3.63) is 36.0 Å². The number of nitrogens with zero attached hydrogens (tertiary/aromatic N) is 1. The molecule has 0 aliphatic rings. The van der Waals surface area contributed by atoms with Gasteiger partial charge in [0.15, 0.2) is 5.57 Å². The average molecular weight is 315 g/mol. The van der Waals surface area contributed by atoms with Gasteiger partial charge in [-0.05, 0) is 37.1 Å². The first-order valence-corrected chi connectivity index (χ1v) is 7.40. The molecule has 0 fully saturated rings. The molecule has 1 amide bonds. The summed E-state index contributed by atoms with van der Waals surface area (Å²) in [5.41, 5.74) is 1.26. The molecule has 0 atom stereocenters. The number of anilines is 2. The molecule has 2 N–H and O–H groups in total. The van der Waals surface area contributed by atoms with E-state index in [1.807, 2.05) is 13.8 Å². The lowest BCUT2D eigenvalue weighted by Crippen LogP contribution is -2.13. The summed E-state index contributed by atoms with van der Waals surface area (Å²) >= 11 is 0. The molecule has 0 saturated heterocycles. The summed E-state index contributed by atoms with van der Waals surface area (Å²) in [6, 6.07) is 8.74. The van der Waals surface area contributed by atoms with Crippen molar-refractivity contribution >= 4 is 23.3 Å². The molecule has 0 saturated carbocycles. The maximum absolute atomic E-state index is 11.7. The first kappa shape index (κ1) is 18.2. The number of nitrogens with one attached hydrogen (secondary N) is 2. The Kier molecular flexibility index (Phi) is 7.34. The third kappa shape index (κ3) is 6.66. The van der Waals surface area contributed by atoms with Crippen LogP contribution in [-0.4, -0.2) is 18.5 Å². The van der Waals surface area contributed by atoms with Gasteiger partial charge in [0.05, 0.1) is 6.61 Å². The van der Waals surface area contributed by atoms with Crippen LogP contribution in [0.15, 0.2) is 36.0 Å². The second-order valence-electron chi connectivity index (χ2n) is 5.26. The molecule has 122 valence electrons. The molecular weight excluding hydrogens is 294 g/mol. The molecule has 0 unspecified atom stereocenters. The number of esters is 1. The highest BCUT2D eigenvalue weighted by molar-refractivity contribution is 5.93. The van der Waals surface area contributed by atoms with Gasteiger partial charge in [-0.2, -0.15) is 5.26 Å². The molecule has 1 aromatic rings. The number of carbonyl (C=O) groups excluding carboxylic acids is 2. The van der Waals surface area contributed by atoms with E-state index in [4.69, 9.17) is 10.00 Å². The van der Waals surface area contributed by atoms with Crippen molar-refractivity contribution in [2.24, 2.45) is 5.92 Å². The molecule has 0 aromatic heterocycles. The molecule has 0 spiro atoms. The minimum Gasteiger partial charge on any atom is -0.462 e. The van der Waals surface area contributed by atoms with Crippen molar-refractivity contribution < 1.29 is 14.3 Å². The maximum Gasteiger partial charge on any atom is 0.350 e. The molecule has 0 bridgehead atoms. The van der Waals surface area contributed by atoms with Crippen LogP contribution in [0.25, 0.3) is 0 Å². The number of hydrogen-bond donors (Lipinski definition) is 2. The summed E-state index contributed by atoms with van der Waals surface area (Å²) in [5.74, 6) is -0.400. The maximum atomic E-state index is 11.7. The Balaban J connectivity index is 2.65. The van der Waals surface area contributed by atoms with Crippen LogP contribution in [-0.2, 0) is 14.3 Å². The number of amides is 1. The summed E-state index contributed by atoms with van der Waals surface area (Å²) in [7, 11) is 0. The van der Waals surface area contributed by atoms with Crippen LogP contribution in [0, 0.1) is 17.2 Å². The lowest BCUT2D eigenvalue weighted by molar-refractivity contribution is -0.138. The van der Waals surface area contributed by atoms with E-state index in [2.05, 4.69) is 10.6 Å². The van der Waals surface area contributed by atoms with Crippen LogP contribution in [0.4, 0.5) is 11.4 Å². The second kappa shape index (κ2) is 9.26. The normalized spacial score (nSPS) is 10.8. The van der Waals surface area contributed by atoms with Crippen LogP contribution in [0.5, 0.6) is 0 Å². The highest BCUT2D eigenvalue weighted by Gasteiger charge is 2.09. The van der Waals surface area contributed by atoms with Crippen LogP contribution >= 0.6 is 0 Å². The van der Waals surface area contributed by atoms with Gasteiger partial charge in [-0.15, -0.1) is 0 Å². The lowest BCUT2D eigenvalue weighted by Gasteiger charge is -2.08. The molecule has 0 radical (unpaired) electrons. The van der Waals surface area contributed by atoms with Crippen molar-refractivity contribution in [3.63, 3.8) is 0 Å². The van der Waals surface area contributed by atoms with E-state index in [0.717, 1.165) is 0 Å². The highest BCUT2D eigenvalue weighted by Crippen LogP contribution is 2.15. The molecule has 0 heterocycles. The van der Waals surface area contributed by atoms with E-state index < -0.39 is 5.97 Å². The molecule has 1 aromatic carbocycles. The third-order valence-corrected chi connectivity index (χ3v) is 2.76. The summed E-state index contributed by atoms with van der Waals surface area (Å²) < 4.78 is 4.76. The van der Waals surface area contributed by atoms with Crippen LogP contribution in [0.3, 0.4) is 0 Å². The molecule has 0 aliphatic heterocycles. The van der Waals surface area contributed by atoms with Gasteiger partial charge in [0.2, 0.25) is 5.91 Å². The SMILES string of the molecule is CCOC(=O)/C(C#N)=C/Nc1ccc(NC(=O)CC(C)C)cc1. The molecule has 1 rings (SSSR count). The van der Waals surface area contributed by atoms with Crippen molar-refractivity contribution in [2.75, 3.05) is 17.2 Å². The fourth-order valence-corrected chi connectivity index (χ4v) is 1.73. The minimum atomic E-state index is -0.667. The van der Waals surface area contributed by atoms with Gasteiger partial charge in [0.1, 0.15) is 6.07 Å². The Morgan fingerprint density at radius 1 is 1.26 bits per heavy atom. The van der Waals surface area contributed by atoms with Gasteiger partial charge in [0, 0.05) is 24.0 Å². The van der Waals surface area contributed by atoms with E-state index in [-0.39, 0.29) is 18.1 Å². The summed E-state index contributed by atoms with van der Waals surface area (Å²) in [5, 5.41) is 14.6. The van der Waals surface area contributed by atoms with Gasteiger partial charge in [-0.1, -0.05) is 13.8 Å². The standard InChI is InChI=1S/C17H21N3O3/c1-4-23-17(22)13(10-18)11-19-14-5-7-15(8-6-14)20-16(21)9-12(2)3/h5-8,11-12,19H,4,9H2,1-3H3,(H,20,21)/b13-11+. The topological polar surface area (TPSA) is 91.2 Å². The van der Waals surface area contributed by atoms with E-state index in [1.54, 1.807) is 37.3 Å². The van der Waals surface area contributed by atoms with Gasteiger partial charge in [-0.3, -0.25) is 4.79 Å². The van der Waals surface area contributed by atoms with E-state index in [1.165, 1.54) is 6.20 Å². The quantitative estimate of drug-likeness (QED) is 0.458. The van der Waals surface area contributed by atoms with Crippen LogP contribution in [0.1, 0.15) is 27.2 Å². The van der Waals surface area contributed by atoms with Crippen molar-refractivity contribution in [2.45, 2.75) is 27.2 Å². The smallest absolute Gasteiger partial charge is 0.350 e. The zero-order chi connectivity index (χ0) is 17.2. The number of rotatable bonds is 7. The Labute approximate surface area is 136 Å². The average Bonchev–Trinajstić information content (AvgIpc) is 2.49. The van der Waals surface area contributed by atoms with E-state index >= 15 is 0 Å². The van der Waals surface area contributed by atoms with Crippen molar-refractivity contribution in [3.8, 4) is 6.07 Å². The van der Waals surface area contributed by atoms with E-state index in [0.29, 0.717) is 23.7 Å². The first-order chi connectivity index (χ1) is 11.0. The zero-order valence-electron chi connectivity index (χ0n) is 13.6. The number of carbonyl (C=O) groups is 2. The van der Waals surface area contributed by atoms with Crippen molar-refractivity contribution in [1.29, 1.82) is 5.26 Å². The molecule has 23 heavy (non-hydrogen) atoms. The van der Waals surface area contributed by atoms with Gasteiger partial charge in [0.25, 0.3) is 0 Å². The minimum absolute atomic E-state index is 0.0327.